The van der Waals surface area contributed by atoms with Gasteiger partial charge in [-0.05, 0) is 50.3 Å². The number of rotatable bonds is 5. The van der Waals surface area contributed by atoms with Crippen molar-refractivity contribution in [3.05, 3.63) is 29.8 Å². The summed E-state index contributed by atoms with van der Waals surface area (Å²) >= 11 is 0. The number of amides is 2. The zero-order valence-electron chi connectivity index (χ0n) is 12.4. The Morgan fingerprint density at radius 2 is 1.95 bits per heavy atom. The van der Waals surface area contributed by atoms with Gasteiger partial charge in [0.1, 0.15) is 0 Å². The lowest BCUT2D eigenvalue weighted by Gasteiger charge is -2.27. The summed E-state index contributed by atoms with van der Waals surface area (Å²) in [4.78, 5) is 23.0. The van der Waals surface area contributed by atoms with E-state index in [-0.39, 0.29) is 17.7 Å². The first-order valence-corrected chi connectivity index (χ1v) is 7.44. The van der Waals surface area contributed by atoms with Crippen molar-refractivity contribution < 1.29 is 9.59 Å². The highest BCUT2D eigenvalue weighted by molar-refractivity contribution is 5.92. The minimum atomic E-state index is -0.203. The number of anilines is 1. The van der Waals surface area contributed by atoms with Crippen LogP contribution in [0.5, 0.6) is 0 Å². The third kappa shape index (κ3) is 4.86. The molecule has 2 amide bonds. The second-order valence-corrected chi connectivity index (χ2v) is 5.75. The Kier molecular flexibility index (Phi) is 5.33. The van der Waals surface area contributed by atoms with Crippen LogP contribution in [-0.2, 0) is 9.59 Å². The molecule has 5 nitrogen and oxygen atoms in total. The van der Waals surface area contributed by atoms with E-state index in [2.05, 4.69) is 10.6 Å². The van der Waals surface area contributed by atoms with Gasteiger partial charge in [0.2, 0.25) is 11.8 Å². The number of nitrogens with two attached hydrogens (primary N) is 1. The van der Waals surface area contributed by atoms with Gasteiger partial charge >= 0.3 is 0 Å². The van der Waals surface area contributed by atoms with E-state index in [0.717, 1.165) is 36.9 Å². The highest BCUT2D eigenvalue weighted by atomic mass is 16.2. The van der Waals surface area contributed by atoms with E-state index in [9.17, 15) is 9.59 Å². The summed E-state index contributed by atoms with van der Waals surface area (Å²) in [5, 5.41) is 6.13. The summed E-state index contributed by atoms with van der Waals surface area (Å²) < 4.78 is 0. The maximum atomic E-state index is 11.9. The van der Waals surface area contributed by atoms with Crippen LogP contribution < -0.4 is 16.4 Å². The number of aryl methyl sites for hydroxylation is 1. The standard InChI is InChI=1S/C16H23N3O2/c1-11-3-2-4-14(9-11)19-15(20)10-18-13-7-5-12(6-8-13)16(17)21/h2-4,9,12-13,18H,5-8,10H2,1H3,(H2,17,21)(H,19,20). The van der Waals surface area contributed by atoms with Gasteiger partial charge in [-0.25, -0.2) is 0 Å². The van der Waals surface area contributed by atoms with Crippen LogP contribution in [0.1, 0.15) is 31.2 Å². The Morgan fingerprint density at radius 1 is 1.24 bits per heavy atom. The zero-order chi connectivity index (χ0) is 15.2. The van der Waals surface area contributed by atoms with Crippen molar-refractivity contribution in [1.82, 2.24) is 5.32 Å². The van der Waals surface area contributed by atoms with Gasteiger partial charge in [0.05, 0.1) is 6.54 Å². The van der Waals surface area contributed by atoms with E-state index in [0.29, 0.717) is 12.6 Å². The van der Waals surface area contributed by atoms with Crippen LogP contribution in [0.3, 0.4) is 0 Å². The minimum Gasteiger partial charge on any atom is -0.369 e. The maximum absolute atomic E-state index is 11.9. The quantitative estimate of drug-likeness (QED) is 0.769. The molecule has 0 aromatic heterocycles. The van der Waals surface area contributed by atoms with Crippen LogP contribution in [0, 0.1) is 12.8 Å². The van der Waals surface area contributed by atoms with Crippen molar-refractivity contribution in [2.75, 3.05) is 11.9 Å². The first kappa shape index (κ1) is 15.5. The highest BCUT2D eigenvalue weighted by Gasteiger charge is 2.24. The van der Waals surface area contributed by atoms with Crippen molar-refractivity contribution in [3.63, 3.8) is 0 Å². The third-order valence-electron chi connectivity index (χ3n) is 3.98. The fourth-order valence-electron chi connectivity index (χ4n) is 2.75. The highest BCUT2D eigenvalue weighted by Crippen LogP contribution is 2.23. The van der Waals surface area contributed by atoms with Crippen LogP contribution in [0.2, 0.25) is 0 Å². The minimum absolute atomic E-state index is 0.00386. The lowest BCUT2D eigenvalue weighted by atomic mass is 9.85. The molecule has 4 N–H and O–H groups in total. The maximum Gasteiger partial charge on any atom is 0.238 e. The molecule has 1 fully saturated rings. The molecule has 0 heterocycles. The van der Waals surface area contributed by atoms with Crippen LogP contribution >= 0.6 is 0 Å². The Morgan fingerprint density at radius 3 is 2.57 bits per heavy atom. The van der Waals surface area contributed by atoms with Crippen LogP contribution in [0.15, 0.2) is 24.3 Å². The van der Waals surface area contributed by atoms with E-state index in [4.69, 9.17) is 5.73 Å². The lowest BCUT2D eigenvalue weighted by Crippen LogP contribution is -2.40. The molecule has 1 aromatic carbocycles. The van der Waals surface area contributed by atoms with Gasteiger partial charge in [-0.2, -0.15) is 0 Å². The number of carbonyl (C=O) groups is 2. The predicted octanol–water partition coefficient (Wildman–Crippen LogP) is 1.57. The fourth-order valence-corrected chi connectivity index (χ4v) is 2.75. The van der Waals surface area contributed by atoms with Crippen molar-refractivity contribution in [3.8, 4) is 0 Å². The molecule has 0 aliphatic heterocycles. The third-order valence-corrected chi connectivity index (χ3v) is 3.98. The second-order valence-electron chi connectivity index (χ2n) is 5.75. The molecular formula is C16H23N3O2. The molecule has 1 aliphatic carbocycles. The summed E-state index contributed by atoms with van der Waals surface area (Å²) in [6, 6.07) is 8.02. The number of nitrogens with one attached hydrogen (secondary N) is 2. The smallest absolute Gasteiger partial charge is 0.238 e. The van der Waals surface area contributed by atoms with E-state index in [1.165, 1.54) is 0 Å². The van der Waals surface area contributed by atoms with E-state index >= 15 is 0 Å². The Labute approximate surface area is 125 Å². The monoisotopic (exact) mass is 289 g/mol. The van der Waals surface area contributed by atoms with E-state index in [1.807, 2.05) is 31.2 Å². The number of hydrogen-bond donors (Lipinski definition) is 3. The van der Waals surface area contributed by atoms with Gasteiger partial charge < -0.3 is 16.4 Å². The summed E-state index contributed by atoms with van der Waals surface area (Å²) in [6.45, 7) is 2.28. The first-order chi connectivity index (χ1) is 10.0. The first-order valence-electron chi connectivity index (χ1n) is 7.44. The SMILES string of the molecule is Cc1cccc(NC(=O)CNC2CCC(C(N)=O)CC2)c1. The average Bonchev–Trinajstić information content (AvgIpc) is 2.45. The normalized spacial score (nSPS) is 21.8. The molecule has 2 rings (SSSR count). The number of benzene rings is 1. The van der Waals surface area contributed by atoms with Gasteiger partial charge in [-0.3, -0.25) is 9.59 Å². The van der Waals surface area contributed by atoms with Crippen molar-refractivity contribution >= 4 is 17.5 Å². The van der Waals surface area contributed by atoms with Crippen LogP contribution in [0.25, 0.3) is 0 Å². The largest absolute Gasteiger partial charge is 0.369 e. The van der Waals surface area contributed by atoms with Crippen LogP contribution in [-0.4, -0.2) is 24.4 Å². The Hall–Kier alpha value is -1.88. The summed E-state index contributed by atoms with van der Waals surface area (Å²) in [7, 11) is 0. The van der Waals surface area contributed by atoms with Gasteiger partial charge in [0.15, 0.2) is 0 Å². The molecule has 114 valence electrons. The molecule has 0 saturated heterocycles. The second kappa shape index (κ2) is 7.22. The molecule has 5 heteroatoms. The number of primary amides is 1. The van der Waals surface area contributed by atoms with E-state index in [1.54, 1.807) is 0 Å². The lowest BCUT2D eigenvalue weighted by molar-refractivity contribution is -0.123. The molecule has 21 heavy (non-hydrogen) atoms. The predicted molar refractivity (Wildman–Crippen MR) is 82.8 cm³/mol. The summed E-state index contributed by atoms with van der Waals surface area (Å²) in [5.74, 6) is -0.243. The van der Waals surface area contributed by atoms with Gasteiger partial charge in [-0.15, -0.1) is 0 Å². The molecule has 0 unspecified atom stereocenters. The van der Waals surface area contributed by atoms with Crippen molar-refractivity contribution in [2.45, 2.75) is 38.6 Å². The summed E-state index contributed by atoms with van der Waals surface area (Å²) in [6.07, 6.45) is 3.41. The van der Waals surface area contributed by atoms with Crippen LogP contribution in [0.4, 0.5) is 5.69 Å². The molecule has 0 radical (unpaired) electrons. The van der Waals surface area contributed by atoms with Gasteiger partial charge in [0, 0.05) is 17.6 Å². The Bertz CT molecular complexity index is 508. The number of carbonyl (C=O) groups excluding carboxylic acids is 2. The zero-order valence-corrected chi connectivity index (χ0v) is 12.4. The van der Waals surface area contributed by atoms with Crippen molar-refractivity contribution in [1.29, 1.82) is 0 Å². The topological polar surface area (TPSA) is 84.2 Å². The fraction of sp³-hybridized carbons (Fsp3) is 0.500. The molecule has 0 atom stereocenters. The molecule has 1 saturated carbocycles. The van der Waals surface area contributed by atoms with Gasteiger partial charge in [-0.1, -0.05) is 12.1 Å². The van der Waals surface area contributed by atoms with Crippen molar-refractivity contribution in [2.24, 2.45) is 11.7 Å². The molecule has 0 bridgehead atoms. The molecule has 1 aromatic rings. The molecular weight excluding hydrogens is 266 g/mol. The molecule has 1 aliphatic rings. The van der Waals surface area contributed by atoms with Gasteiger partial charge in [0.25, 0.3) is 0 Å². The number of hydrogen-bond acceptors (Lipinski definition) is 3. The molecule has 0 spiro atoms. The average molecular weight is 289 g/mol. The van der Waals surface area contributed by atoms with E-state index < -0.39 is 0 Å². The summed E-state index contributed by atoms with van der Waals surface area (Å²) in [5.41, 5.74) is 7.24. The Balaban J connectivity index is 1.71.